The highest BCUT2D eigenvalue weighted by molar-refractivity contribution is 7.89. The summed E-state index contributed by atoms with van der Waals surface area (Å²) in [7, 11) is -3.51. The minimum absolute atomic E-state index is 0.271. The molecule has 2 rings (SSSR count). The number of hydrogen-bond acceptors (Lipinski definition) is 2. The van der Waals surface area contributed by atoms with Gasteiger partial charge in [-0.3, -0.25) is 0 Å². The van der Waals surface area contributed by atoms with Gasteiger partial charge in [0, 0.05) is 6.04 Å². The van der Waals surface area contributed by atoms with Crippen molar-refractivity contribution in [3.05, 3.63) is 65.2 Å². The van der Waals surface area contributed by atoms with Crippen LogP contribution in [0.3, 0.4) is 0 Å². The van der Waals surface area contributed by atoms with Crippen LogP contribution in [0.15, 0.2) is 53.4 Å². The number of hydrogen-bond donors (Lipinski definition) is 1. The average Bonchev–Trinajstić information content (AvgIpc) is 2.60. The van der Waals surface area contributed by atoms with E-state index in [2.05, 4.69) is 30.7 Å². The Kier molecular flexibility index (Phi) is 6.19. The van der Waals surface area contributed by atoms with Gasteiger partial charge in [-0.05, 0) is 54.5 Å². The molecule has 2 atom stereocenters. The van der Waals surface area contributed by atoms with Gasteiger partial charge in [-0.15, -0.1) is 0 Å². The monoisotopic (exact) mass is 345 g/mol. The SMILES string of the molecule is CCc1ccc(S(=O)(=O)NC(C)c2ccc(C(C)CC)cc2)cc1. The van der Waals surface area contributed by atoms with Crippen molar-refractivity contribution in [3.8, 4) is 0 Å². The predicted octanol–water partition coefficient (Wildman–Crippen LogP) is 4.80. The van der Waals surface area contributed by atoms with E-state index < -0.39 is 10.0 Å². The van der Waals surface area contributed by atoms with E-state index in [1.165, 1.54) is 5.56 Å². The van der Waals surface area contributed by atoms with Crippen molar-refractivity contribution in [2.75, 3.05) is 0 Å². The van der Waals surface area contributed by atoms with Crippen LogP contribution >= 0.6 is 0 Å². The highest BCUT2D eigenvalue weighted by Crippen LogP contribution is 2.22. The largest absolute Gasteiger partial charge is 0.241 e. The van der Waals surface area contributed by atoms with Gasteiger partial charge in [-0.25, -0.2) is 13.1 Å². The van der Waals surface area contributed by atoms with Crippen molar-refractivity contribution in [1.82, 2.24) is 4.72 Å². The summed E-state index contributed by atoms with van der Waals surface area (Å²) in [6, 6.07) is 15.0. The topological polar surface area (TPSA) is 46.2 Å². The molecular weight excluding hydrogens is 318 g/mol. The van der Waals surface area contributed by atoms with Crippen LogP contribution in [0.4, 0.5) is 0 Å². The van der Waals surface area contributed by atoms with Crippen molar-refractivity contribution < 1.29 is 8.42 Å². The van der Waals surface area contributed by atoms with E-state index in [1.54, 1.807) is 12.1 Å². The van der Waals surface area contributed by atoms with E-state index in [0.29, 0.717) is 10.8 Å². The molecule has 3 nitrogen and oxygen atoms in total. The molecule has 4 heteroatoms. The highest BCUT2D eigenvalue weighted by atomic mass is 32.2. The van der Waals surface area contributed by atoms with Crippen LogP contribution in [-0.4, -0.2) is 8.42 Å². The first-order valence-electron chi connectivity index (χ1n) is 8.58. The summed E-state index contributed by atoms with van der Waals surface area (Å²) in [5.74, 6) is 0.517. The molecule has 130 valence electrons. The zero-order valence-corrected chi connectivity index (χ0v) is 15.7. The molecule has 0 aliphatic rings. The van der Waals surface area contributed by atoms with Crippen molar-refractivity contribution in [2.24, 2.45) is 0 Å². The summed E-state index contributed by atoms with van der Waals surface area (Å²) in [5, 5.41) is 0. The van der Waals surface area contributed by atoms with E-state index in [1.807, 2.05) is 38.1 Å². The minimum atomic E-state index is -3.51. The lowest BCUT2D eigenvalue weighted by atomic mass is 9.96. The number of sulfonamides is 1. The summed E-state index contributed by atoms with van der Waals surface area (Å²) in [4.78, 5) is 0.308. The fraction of sp³-hybridized carbons (Fsp3) is 0.400. The lowest BCUT2D eigenvalue weighted by molar-refractivity contribution is 0.567. The molecule has 0 fully saturated rings. The van der Waals surface area contributed by atoms with Crippen molar-refractivity contribution in [1.29, 1.82) is 0 Å². The summed E-state index contributed by atoms with van der Waals surface area (Å²) in [5.41, 5.74) is 3.38. The zero-order valence-electron chi connectivity index (χ0n) is 14.9. The molecule has 2 unspecified atom stereocenters. The summed E-state index contributed by atoms with van der Waals surface area (Å²) >= 11 is 0. The third-order valence-electron chi connectivity index (χ3n) is 4.59. The molecule has 2 aromatic rings. The maximum absolute atomic E-state index is 12.5. The van der Waals surface area contributed by atoms with Crippen LogP contribution in [0.1, 0.15) is 62.8 Å². The average molecular weight is 346 g/mol. The van der Waals surface area contributed by atoms with E-state index in [0.717, 1.165) is 24.0 Å². The molecule has 0 bridgehead atoms. The van der Waals surface area contributed by atoms with Crippen LogP contribution in [-0.2, 0) is 16.4 Å². The Labute approximate surface area is 146 Å². The molecule has 0 aliphatic heterocycles. The summed E-state index contributed by atoms with van der Waals surface area (Å²) < 4.78 is 27.8. The third-order valence-corrected chi connectivity index (χ3v) is 6.15. The van der Waals surface area contributed by atoms with Crippen LogP contribution in [0, 0.1) is 0 Å². The van der Waals surface area contributed by atoms with Gasteiger partial charge in [0.25, 0.3) is 0 Å². The molecule has 24 heavy (non-hydrogen) atoms. The Hall–Kier alpha value is -1.65. The lowest BCUT2D eigenvalue weighted by Gasteiger charge is -2.16. The number of nitrogens with one attached hydrogen (secondary N) is 1. The second-order valence-electron chi connectivity index (χ2n) is 6.32. The molecular formula is C20H27NO2S. The number of benzene rings is 2. The van der Waals surface area contributed by atoms with Crippen LogP contribution in [0.5, 0.6) is 0 Å². The zero-order chi connectivity index (χ0) is 17.7. The van der Waals surface area contributed by atoms with Gasteiger partial charge in [0.15, 0.2) is 0 Å². The van der Waals surface area contributed by atoms with E-state index in [9.17, 15) is 8.42 Å². The van der Waals surface area contributed by atoms with E-state index in [4.69, 9.17) is 0 Å². The summed E-state index contributed by atoms with van der Waals surface area (Å²) in [6.45, 7) is 8.28. The fourth-order valence-corrected chi connectivity index (χ4v) is 3.85. The number of rotatable bonds is 7. The van der Waals surface area contributed by atoms with Gasteiger partial charge in [0.2, 0.25) is 10.0 Å². The molecule has 0 aliphatic carbocycles. The van der Waals surface area contributed by atoms with Gasteiger partial charge < -0.3 is 0 Å². The van der Waals surface area contributed by atoms with Gasteiger partial charge in [-0.2, -0.15) is 0 Å². The normalized spacial score (nSPS) is 14.3. The Bertz CT molecular complexity index is 749. The quantitative estimate of drug-likeness (QED) is 0.783. The first-order valence-corrected chi connectivity index (χ1v) is 10.1. The summed E-state index contributed by atoms with van der Waals surface area (Å²) in [6.07, 6.45) is 1.99. The first kappa shape index (κ1) is 18.7. The maximum Gasteiger partial charge on any atom is 0.241 e. The van der Waals surface area contributed by atoms with E-state index in [-0.39, 0.29) is 6.04 Å². The molecule has 0 saturated heterocycles. The molecule has 0 amide bonds. The van der Waals surface area contributed by atoms with Gasteiger partial charge in [0.05, 0.1) is 4.90 Å². The molecule has 0 heterocycles. The van der Waals surface area contributed by atoms with E-state index >= 15 is 0 Å². The smallest absolute Gasteiger partial charge is 0.207 e. The Morgan fingerprint density at radius 1 is 0.875 bits per heavy atom. The fourth-order valence-electron chi connectivity index (χ4n) is 2.62. The molecule has 0 aromatic heterocycles. The Morgan fingerprint density at radius 3 is 1.92 bits per heavy atom. The molecule has 0 radical (unpaired) electrons. The van der Waals surface area contributed by atoms with Gasteiger partial charge >= 0.3 is 0 Å². The highest BCUT2D eigenvalue weighted by Gasteiger charge is 2.18. The predicted molar refractivity (Wildman–Crippen MR) is 99.7 cm³/mol. The van der Waals surface area contributed by atoms with Gasteiger partial charge in [-0.1, -0.05) is 57.2 Å². The second-order valence-corrected chi connectivity index (χ2v) is 8.03. The molecule has 1 N–H and O–H groups in total. The van der Waals surface area contributed by atoms with Crippen molar-refractivity contribution in [3.63, 3.8) is 0 Å². The molecule has 0 spiro atoms. The van der Waals surface area contributed by atoms with Crippen LogP contribution < -0.4 is 4.72 Å². The first-order chi connectivity index (χ1) is 11.4. The maximum atomic E-state index is 12.5. The van der Waals surface area contributed by atoms with Crippen molar-refractivity contribution >= 4 is 10.0 Å². The standard InChI is InChI=1S/C20H27NO2S/c1-5-15(3)18-9-11-19(12-10-18)16(4)21-24(22,23)20-13-7-17(6-2)8-14-20/h7-16,21H,5-6H2,1-4H3. The lowest BCUT2D eigenvalue weighted by Crippen LogP contribution is -2.26. The molecule has 2 aromatic carbocycles. The number of aryl methyl sites for hydroxylation is 1. The van der Waals surface area contributed by atoms with Crippen LogP contribution in [0.2, 0.25) is 0 Å². The second kappa shape index (κ2) is 7.95. The minimum Gasteiger partial charge on any atom is -0.207 e. The van der Waals surface area contributed by atoms with Crippen LogP contribution in [0.25, 0.3) is 0 Å². The van der Waals surface area contributed by atoms with Crippen molar-refractivity contribution in [2.45, 2.75) is 57.4 Å². The van der Waals surface area contributed by atoms with Gasteiger partial charge in [0.1, 0.15) is 0 Å². The molecule has 0 saturated carbocycles. The Balaban J connectivity index is 2.13. The third kappa shape index (κ3) is 4.46. The Morgan fingerprint density at radius 2 is 1.42 bits per heavy atom.